The van der Waals surface area contributed by atoms with Gasteiger partial charge >= 0.3 is 0 Å². The van der Waals surface area contributed by atoms with Crippen LogP contribution in [0.4, 0.5) is 0 Å². The second kappa shape index (κ2) is 4.81. The minimum absolute atomic E-state index is 0.0596. The van der Waals surface area contributed by atoms with Crippen molar-refractivity contribution in [2.45, 2.75) is 45.8 Å². The van der Waals surface area contributed by atoms with Crippen LogP contribution in [-0.2, 0) is 4.79 Å². The van der Waals surface area contributed by atoms with Crippen LogP contribution < -0.4 is 0 Å². The van der Waals surface area contributed by atoms with Gasteiger partial charge in [-0.2, -0.15) is 0 Å². The van der Waals surface area contributed by atoms with Crippen LogP contribution >= 0.6 is 0 Å². The first-order valence-corrected chi connectivity index (χ1v) is 9.15. The first-order valence-electron chi connectivity index (χ1n) is 5.65. The number of hydrogen-bond donors (Lipinski definition) is 0. The van der Waals surface area contributed by atoms with Crippen molar-refractivity contribution in [1.82, 2.24) is 0 Å². The lowest BCUT2D eigenvalue weighted by Crippen LogP contribution is -2.17. The summed E-state index contributed by atoms with van der Waals surface area (Å²) >= 11 is 0. The van der Waals surface area contributed by atoms with Gasteiger partial charge in [0.2, 0.25) is 5.78 Å². The monoisotopic (exact) mass is 220 g/mol. The van der Waals surface area contributed by atoms with Gasteiger partial charge in [-0.3, -0.25) is 4.79 Å². The second-order valence-electron chi connectivity index (χ2n) is 5.44. The van der Waals surface area contributed by atoms with Gasteiger partial charge in [0, 0.05) is 5.57 Å². The van der Waals surface area contributed by atoms with Crippen LogP contribution in [-0.4, -0.2) is 13.9 Å². The van der Waals surface area contributed by atoms with Gasteiger partial charge < -0.3 is 0 Å². The highest BCUT2D eigenvalue weighted by Gasteiger charge is 2.15. The predicted octanol–water partition coefficient (Wildman–Crippen LogP) is 3.18. The number of carbonyl (C=O) groups excluding carboxylic acids is 1. The molecule has 0 saturated heterocycles. The first kappa shape index (κ1) is 12.3. The summed E-state index contributed by atoms with van der Waals surface area (Å²) in [6.45, 7) is 8.70. The molecule has 0 aromatic carbocycles. The largest absolute Gasteiger partial charge is 0.280 e. The number of ketones is 1. The summed E-state index contributed by atoms with van der Waals surface area (Å²) in [6.07, 6.45) is 5.16. The molecule has 0 aromatic heterocycles. The molecule has 0 N–H and O–H groups in total. The highest BCUT2D eigenvalue weighted by molar-refractivity contribution is 6.84. The van der Waals surface area contributed by atoms with Gasteiger partial charge in [0.15, 0.2) is 0 Å². The predicted molar refractivity (Wildman–Crippen MR) is 67.2 cm³/mol. The van der Waals surface area contributed by atoms with E-state index >= 15 is 0 Å². The summed E-state index contributed by atoms with van der Waals surface area (Å²) in [6, 6.07) is 0. The Kier molecular flexibility index (Phi) is 3.93. The van der Waals surface area contributed by atoms with E-state index in [-0.39, 0.29) is 5.78 Å². The Morgan fingerprint density at radius 3 is 2.60 bits per heavy atom. The lowest BCUT2D eigenvalue weighted by Gasteiger charge is -2.15. The van der Waals surface area contributed by atoms with Gasteiger partial charge in [0.1, 0.15) is 8.07 Å². The van der Waals surface area contributed by atoms with E-state index in [1.54, 1.807) is 0 Å². The van der Waals surface area contributed by atoms with Crippen LogP contribution in [0.15, 0.2) is 11.6 Å². The van der Waals surface area contributed by atoms with Gasteiger partial charge in [-0.15, -0.1) is 5.54 Å². The Bertz CT molecular complexity index is 336. The molecule has 2 heteroatoms. The molecule has 0 aliphatic heterocycles. The Morgan fingerprint density at radius 2 is 2.13 bits per heavy atom. The van der Waals surface area contributed by atoms with Crippen molar-refractivity contribution in [3.8, 4) is 11.5 Å². The molecule has 0 aromatic rings. The highest BCUT2D eigenvalue weighted by Crippen LogP contribution is 2.23. The summed E-state index contributed by atoms with van der Waals surface area (Å²) in [5.41, 5.74) is 4.07. The molecule has 1 atom stereocenters. The van der Waals surface area contributed by atoms with Crippen LogP contribution in [0.25, 0.3) is 0 Å². The molecule has 0 amide bonds. The molecule has 1 aliphatic carbocycles. The lowest BCUT2D eigenvalue weighted by molar-refractivity contribution is -0.110. The summed E-state index contributed by atoms with van der Waals surface area (Å²) in [4.78, 5) is 11.7. The highest BCUT2D eigenvalue weighted by atomic mass is 28.3. The second-order valence-corrected chi connectivity index (χ2v) is 10.2. The third-order valence-corrected chi connectivity index (χ3v) is 3.39. The number of rotatable bonds is 1. The number of Topliss-reactive ketones (excluding diaryl/α,β-unsaturated/α-hetero) is 1. The van der Waals surface area contributed by atoms with E-state index < -0.39 is 8.07 Å². The number of hydrogen-bond acceptors (Lipinski definition) is 1. The molecule has 0 bridgehead atoms. The molecule has 0 saturated carbocycles. The maximum atomic E-state index is 11.7. The quantitative estimate of drug-likeness (QED) is 0.490. The van der Waals surface area contributed by atoms with Crippen molar-refractivity contribution in [3.05, 3.63) is 11.6 Å². The molecule has 1 nitrogen and oxygen atoms in total. The van der Waals surface area contributed by atoms with Crippen LogP contribution in [0.2, 0.25) is 19.6 Å². The molecule has 1 rings (SSSR count). The molecule has 0 fully saturated rings. The molecule has 0 heterocycles. The number of carbonyl (C=O) groups is 1. The maximum Gasteiger partial charge on any atom is 0.230 e. The zero-order valence-corrected chi connectivity index (χ0v) is 11.2. The third kappa shape index (κ3) is 4.48. The Morgan fingerprint density at radius 1 is 1.47 bits per heavy atom. The Hall–Kier alpha value is -0.813. The maximum absolute atomic E-state index is 11.7. The average Bonchev–Trinajstić information content (AvgIpc) is 2.14. The fourth-order valence-electron chi connectivity index (χ4n) is 1.50. The summed E-state index contributed by atoms with van der Waals surface area (Å²) in [5.74, 6) is 3.60. The van der Waals surface area contributed by atoms with E-state index in [4.69, 9.17) is 0 Å². The zero-order valence-electron chi connectivity index (χ0n) is 10.2. The van der Waals surface area contributed by atoms with Crippen LogP contribution in [0.1, 0.15) is 26.2 Å². The van der Waals surface area contributed by atoms with Crippen molar-refractivity contribution >= 4 is 13.9 Å². The Balaban J connectivity index is 2.65. The van der Waals surface area contributed by atoms with Gasteiger partial charge in [-0.1, -0.05) is 32.6 Å². The van der Waals surface area contributed by atoms with Gasteiger partial charge in [-0.05, 0) is 31.1 Å². The molecule has 1 unspecified atom stereocenters. The molecule has 82 valence electrons. The van der Waals surface area contributed by atoms with Crippen molar-refractivity contribution in [3.63, 3.8) is 0 Å². The van der Waals surface area contributed by atoms with E-state index in [0.717, 1.165) is 30.8 Å². The van der Waals surface area contributed by atoms with Gasteiger partial charge in [0.25, 0.3) is 0 Å². The third-order valence-electron chi connectivity index (χ3n) is 2.52. The van der Waals surface area contributed by atoms with E-state index in [1.807, 2.05) is 0 Å². The van der Waals surface area contributed by atoms with Gasteiger partial charge in [0.05, 0.1) is 0 Å². The Labute approximate surface area is 94.0 Å². The lowest BCUT2D eigenvalue weighted by atomic mass is 9.89. The van der Waals surface area contributed by atoms with E-state index in [2.05, 4.69) is 44.1 Å². The summed E-state index contributed by atoms with van der Waals surface area (Å²) in [5, 5.41) is 0. The van der Waals surface area contributed by atoms with Crippen LogP contribution in [0, 0.1) is 17.4 Å². The van der Waals surface area contributed by atoms with Crippen LogP contribution in [0.5, 0.6) is 0 Å². The minimum atomic E-state index is -1.41. The average molecular weight is 220 g/mol. The van der Waals surface area contributed by atoms with E-state index in [1.165, 1.54) is 0 Å². The van der Waals surface area contributed by atoms with Crippen molar-refractivity contribution < 1.29 is 4.79 Å². The fraction of sp³-hybridized carbons (Fsp3) is 0.615. The van der Waals surface area contributed by atoms with E-state index in [0.29, 0.717) is 0 Å². The van der Waals surface area contributed by atoms with Gasteiger partial charge in [-0.25, -0.2) is 0 Å². The molecular formula is C13H20OSi. The number of allylic oxidation sites excluding steroid dienone is 2. The molecular weight excluding hydrogens is 200 g/mol. The SMILES string of the molecule is CC1CC=C(C(=O)C#C[Si](C)(C)C)CC1. The fourth-order valence-corrected chi connectivity index (χ4v) is 1.98. The smallest absolute Gasteiger partial charge is 0.230 e. The van der Waals surface area contributed by atoms with Crippen molar-refractivity contribution in [2.24, 2.45) is 5.92 Å². The zero-order chi connectivity index (χ0) is 11.5. The topological polar surface area (TPSA) is 17.1 Å². The van der Waals surface area contributed by atoms with E-state index in [9.17, 15) is 4.79 Å². The normalized spacial score (nSPS) is 21.3. The standard InChI is InChI=1S/C13H20OSi/c1-11-5-7-12(8-6-11)13(14)9-10-15(2,3)4/h7,11H,5-6,8H2,1-4H3. The summed E-state index contributed by atoms with van der Waals surface area (Å²) < 4.78 is 0. The van der Waals surface area contributed by atoms with Crippen molar-refractivity contribution in [1.29, 1.82) is 0 Å². The van der Waals surface area contributed by atoms with Crippen molar-refractivity contribution in [2.75, 3.05) is 0 Å². The molecule has 15 heavy (non-hydrogen) atoms. The molecule has 1 aliphatic rings. The minimum Gasteiger partial charge on any atom is -0.280 e. The molecule has 0 radical (unpaired) electrons. The first-order chi connectivity index (χ1) is 6.88. The summed E-state index contributed by atoms with van der Waals surface area (Å²) in [7, 11) is -1.41. The van der Waals surface area contributed by atoms with Crippen LogP contribution in [0.3, 0.4) is 0 Å². The molecule has 0 spiro atoms.